The molecule has 3 aromatic rings. The average molecular weight is 350 g/mol. The predicted molar refractivity (Wildman–Crippen MR) is 104 cm³/mol. The lowest BCUT2D eigenvalue weighted by atomic mass is 10.1. The maximum Gasteiger partial charge on any atom is 0.239 e. The first kappa shape index (κ1) is 17.3. The van der Waals surface area contributed by atoms with E-state index in [4.69, 9.17) is 11.6 Å². The van der Waals surface area contributed by atoms with E-state index < -0.39 is 0 Å². The quantitative estimate of drug-likeness (QED) is 0.456. The molecule has 126 valence electrons. The van der Waals surface area contributed by atoms with Crippen molar-refractivity contribution in [1.82, 2.24) is 4.57 Å². The molecule has 2 aromatic carbocycles. The van der Waals surface area contributed by atoms with Crippen LogP contribution in [0, 0.1) is 11.8 Å². The van der Waals surface area contributed by atoms with Gasteiger partial charge < -0.3 is 4.57 Å². The van der Waals surface area contributed by atoms with Crippen LogP contribution in [0.3, 0.4) is 0 Å². The minimum Gasteiger partial charge on any atom is -0.334 e. The van der Waals surface area contributed by atoms with E-state index >= 15 is 0 Å². The summed E-state index contributed by atoms with van der Waals surface area (Å²) in [5.41, 5.74) is 3.55. The van der Waals surface area contributed by atoms with Crippen molar-refractivity contribution in [2.75, 3.05) is 0 Å². The van der Waals surface area contributed by atoms with E-state index in [0.717, 1.165) is 22.9 Å². The predicted octanol–water partition coefficient (Wildman–Crippen LogP) is 5.41. The second-order valence-corrected chi connectivity index (χ2v) is 6.48. The molecule has 0 aliphatic heterocycles. The number of benzene rings is 2. The molecule has 2 nitrogen and oxygen atoms in total. The van der Waals surface area contributed by atoms with Gasteiger partial charge in [-0.15, -0.1) is 0 Å². The van der Waals surface area contributed by atoms with Gasteiger partial charge in [0, 0.05) is 23.5 Å². The van der Waals surface area contributed by atoms with Crippen LogP contribution in [0.4, 0.5) is 0 Å². The van der Waals surface area contributed by atoms with Crippen LogP contribution in [0.2, 0.25) is 5.15 Å². The van der Waals surface area contributed by atoms with E-state index in [-0.39, 0.29) is 5.78 Å². The van der Waals surface area contributed by atoms with Gasteiger partial charge in [-0.05, 0) is 42.5 Å². The Hall–Kier alpha value is -2.50. The normalized spacial score (nSPS) is 10.5. The number of unbranched alkanes of at least 4 members (excludes halogenated alkanes) is 1. The molecule has 0 atom stereocenters. The number of halogens is 1. The molecule has 0 N–H and O–H groups in total. The minimum atomic E-state index is -0.253. The molecule has 3 heteroatoms. The molecule has 25 heavy (non-hydrogen) atoms. The second kappa shape index (κ2) is 7.59. The van der Waals surface area contributed by atoms with Crippen LogP contribution >= 0.6 is 11.6 Å². The van der Waals surface area contributed by atoms with Gasteiger partial charge >= 0.3 is 0 Å². The summed E-state index contributed by atoms with van der Waals surface area (Å²) in [5.74, 6) is 5.44. The van der Waals surface area contributed by atoms with Crippen LogP contribution in [-0.2, 0) is 13.5 Å². The maximum absolute atomic E-state index is 12.6. The van der Waals surface area contributed by atoms with Gasteiger partial charge in [-0.3, -0.25) is 4.79 Å². The Morgan fingerprint density at radius 2 is 1.84 bits per heavy atom. The first-order chi connectivity index (χ1) is 12.1. The summed E-state index contributed by atoms with van der Waals surface area (Å²) < 4.78 is 1.81. The van der Waals surface area contributed by atoms with Crippen LogP contribution in [0.25, 0.3) is 10.9 Å². The number of aromatic nitrogens is 1. The van der Waals surface area contributed by atoms with Crippen LogP contribution in [-0.4, -0.2) is 10.4 Å². The van der Waals surface area contributed by atoms with Crippen LogP contribution < -0.4 is 0 Å². The lowest BCUT2D eigenvalue weighted by Crippen LogP contribution is -1.96. The molecule has 0 spiro atoms. The van der Waals surface area contributed by atoms with E-state index in [1.807, 2.05) is 48.0 Å². The summed E-state index contributed by atoms with van der Waals surface area (Å²) in [5, 5.41) is 1.26. The third-order valence-corrected chi connectivity index (χ3v) is 4.80. The highest BCUT2D eigenvalue weighted by Crippen LogP contribution is 2.29. The fourth-order valence-electron chi connectivity index (χ4n) is 2.91. The molecule has 0 unspecified atom stereocenters. The van der Waals surface area contributed by atoms with Gasteiger partial charge in [-0.1, -0.05) is 61.2 Å². The SMILES string of the molecule is CCCCc1ccc(C#CC(=O)c2c(Cl)n(C)c3ccccc23)cc1. The second-order valence-electron chi connectivity index (χ2n) is 6.12. The van der Waals surface area contributed by atoms with Gasteiger partial charge in [0.15, 0.2) is 0 Å². The Morgan fingerprint density at radius 1 is 1.12 bits per heavy atom. The van der Waals surface area contributed by atoms with Crippen molar-refractivity contribution in [1.29, 1.82) is 0 Å². The van der Waals surface area contributed by atoms with Crippen molar-refractivity contribution in [2.45, 2.75) is 26.2 Å². The molecule has 0 fully saturated rings. The number of hydrogen-bond acceptors (Lipinski definition) is 1. The Balaban J connectivity index is 1.87. The third kappa shape index (κ3) is 3.62. The number of rotatable bonds is 4. The average Bonchev–Trinajstić information content (AvgIpc) is 2.90. The maximum atomic E-state index is 12.6. The topological polar surface area (TPSA) is 22.0 Å². The molecule has 0 amide bonds. The Labute approximate surface area is 153 Å². The molecular weight excluding hydrogens is 330 g/mol. The summed E-state index contributed by atoms with van der Waals surface area (Å²) in [6.45, 7) is 2.18. The molecule has 0 bridgehead atoms. The van der Waals surface area contributed by atoms with Gasteiger partial charge in [0.05, 0.1) is 5.56 Å². The molecule has 0 aliphatic rings. The highest BCUT2D eigenvalue weighted by atomic mass is 35.5. The molecule has 0 saturated carbocycles. The molecule has 1 heterocycles. The van der Waals surface area contributed by atoms with Crippen molar-refractivity contribution >= 4 is 28.3 Å². The summed E-state index contributed by atoms with van der Waals surface area (Å²) in [4.78, 5) is 12.6. The van der Waals surface area contributed by atoms with E-state index in [1.54, 1.807) is 0 Å². The van der Waals surface area contributed by atoms with Crippen LogP contribution in [0.5, 0.6) is 0 Å². The van der Waals surface area contributed by atoms with Crippen molar-refractivity contribution in [3.63, 3.8) is 0 Å². The lowest BCUT2D eigenvalue weighted by Gasteiger charge is -1.99. The monoisotopic (exact) mass is 349 g/mol. The van der Waals surface area contributed by atoms with Gasteiger partial charge in [-0.2, -0.15) is 0 Å². The van der Waals surface area contributed by atoms with Gasteiger partial charge in [0.1, 0.15) is 5.15 Å². The van der Waals surface area contributed by atoms with Crippen molar-refractivity contribution in [3.8, 4) is 11.8 Å². The summed E-state index contributed by atoms with van der Waals surface area (Å²) >= 11 is 6.36. The van der Waals surface area contributed by atoms with Gasteiger partial charge in [0.25, 0.3) is 0 Å². The number of nitrogens with zero attached hydrogens (tertiary/aromatic N) is 1. The van der Waals surface area contributed by atoms with Crippen LogP contribution in [0.15, 0.2) is 48.5 Å². The van der Waals surface area contributed by atoms with Crippen molar-refractivity contribution < 1.29 is 4.79 Å². The largest absolute Gasteiger partial charge is 0.334 e. The molecule has 0 radical (unpaired) electrons. The van der Waals surface area contributed by atoms with E-state index in [0.29, 0.717) is 10.7 Å². The van der Waals surface area contributed by atoms with Crippen molar-refractivity contribution in [3.05, 3.63) is 70.4 Å². The highest BCUT2D eigenvalue weighted by Gasteiger charge is 2.18. The molecule has 1 aromatic heterocycles. The van der Waals surface area contributed by atoms with E-state index in [9.17, 15) is 4.79 Å². The number of hydrogen-bond donors (Lipinski definition) is 0. The Morgan fingerprint density at radius 3 is 2.56 bits per heavy atom. The number of carbonyl (C=O) groups is 1. The molecule has 0 aliphatic carbocycles. The summed E-state index contributed by atoms with van der Waals surface area (Å²) in [7, 11) is 1.85. The summed E-state index contributed by atoms with van der Waals surface area (Å²) in [6, 6.07) is 15.8. The number of aryl methyl sites for hydroxylation is 2. The standard InChI is InChI=1S/C22H20ClNO/c1-3-4-7-16-10-12-17(13-11-16)14-15-20(25)21-18-8-5-6-9-19(18)24(2)22(21)23/h5-6,8-13H,3-4,7H2,1-2H3. The Kier molecular flexibility index (Phi) is 5.26. The zero-order valence-electron chi connectivity index (χ0n) is 14.5. The fourth-order valence-corrected chi connectivity index (χ4v) is 3.18. The zero-order chi connectivity index (χ0) is 17.8. The molecule has 3 rings (SSSR count). The van der Waals surface area contributed by atoms with E-state index in [1.165, 1.54) is 18.4 Å². The zero-order valence-corrected chi connectivity index (χ0v) is 15.2. The number of Topliss-reactive ketones (excluding diaryl/α,β-unsaturated/α-hetero) is 1. The molecular formula is C22H20ClNO. The van der Waals surface area contributed by atoms with Gasteiger partial charge in [-0.25, -0.2) is 0 Å². The minimum absolute atomic E-state index is 0.253. The van der Waals surface area contributed by atoms with Crippen molar-refractivity contribution in [2.24, 2.45) is 7.05 Å². The smallest absolute Gasteiger partial charge is 0.239 e. The fraction of sp³-hybridized carbons (Fsp3) is 0.227. The lowest BCUT2D eigenvalue weighted by molar-refractivity contribution is 0.105. The number of fused-ring (bicyclic) bond motifs is 1. The number of carbonyl (C=O) groups excluding carboxylic acids is 1. The highest BCUT2D eigenvalue weighted by molar-refractivity contribution is 6.37. The van der Waals surface area contributed by atoms with Gasteiger partial charge in [0.2, 0.25) is 5.78 Å². The molecule has 0 saturated heterocycles. The van der Waals surface area contributed by atoms with E-state index in [2.05, 4.69) is 30.9 Å². The Bertz CT molecular complexity index is 971. The third-order valence-electron chi connectivity index (χ3n) is 4.36. The van der Waals surface area contributed by atoms with Crippen LogP contribution in [0.1, 0.15) is 41.3 Å². The first-order valence-electron chi connectivity index (χ1n) is 8.50. The number of ketones is 1. The first-order valence-corrected chi connectivity index (χ1v) is 8.87. The summed E-state index contributed by atoms with van der Waals surface area (Å²) in [6.07, 6.45) is 3.44. The number of para-hydroxylation sites is 1.